The van der Waals surface area contributed by atoms with Gasteiger partial charge >= 0.3 is 5.97 Å². The molecule has 1 heterocycles. The van der Waals surface area contributed by atoms with Gasteiger partial charge in [-0.3, -0.25) is 4.72 Å². The van der Waals surface area contributed by atoms with Crippen LogP contribution < -0.4 is 9.46 Å². The third kappa shape index (κ3) is 3.04. The maximum atomic E-state index is 11.7. The van der Waals surface area contributed by atoms with E-state index in [4.69, 9.17) is 9.47 Å². The van der Waals surface area contributed by atoms with Crippen LogP contribution in [0.2, 0.25) is 0 Å². The van der Waals surface area contributed by atoms with Crippen molar-refractivity contribution in [3.05, 3.63) is 53.6 Å². The van der Waals surface area contributed by atoms with Crippen molar-refractivity contribution in [2.24, 2.45) is 0 Å². The molecule has 22 heavy (non-hydrogen) atoms. The lowest BCUT2D eigenvalue weighted by atomic mass is 10.1. The first-order chi connectivity index (χ1) is 10.4. The fourth-order valence-electron chi connectivity index (χ4n) is 2.13. The molecule has 0 unspecified atom stereocenters. The Hall–Kier alpha value is -2.54. The second-order valence-electron chi connectivity index (χ2n) is 4.87. The first kappa shape index (κ1) is 14.4. The molecular formula is C15H13NO5S. The van der Waals surface area contributed by atoms with Gasteiger partial charge in [-0.15, -0.1) is 0 Å². The summed E-state index contributed by atoms with van der Waals surface area (Å²) in [5.41, 5.74) is 1.27. The molecule has 0 bridgehead atoms. The van der Waals surface area contributed by atoms with Crippen LogP contribution >= 0.6 is 0 Å². The topological polar surface area (TPSA) is 81.7 Å². The Morgan fingerprint density at radius 1 is 1.18 bits per heavy atom. The van der Waals surface area contributed by atoms with E-state index >= 15 is 0 Å². The quantitative estimate of drug-likeness (QED) is 0.876. The van der Waals surface area contributed by atoms with Gasteiger partial charge < -0.3 is 9.47 Å². The molecule has 1 N–H and O–H groups in total. The zero-order chi connectivity index (χ0) is 15.7. The largest absolute Gasteiger partial charge is 0.457 e. The molecule has 7 heteroatoms. The van der Waals surface area contributed by atoms with Gasteiger partial charge in [0.15, 0.2) is 5.75 Å². The molecule has 6 nitrogen and oxygen atoms in total. The number of sulfonamides is 1. The van der Waals surface area contributed by atoms with Crippen molar-refractivity contribution < 1.29 is 22.7 Å². The predicted molar refractivity (Wildman–Crippen MR) is 80.5 cm³/mol. The van der Waals surface area contributed by atoms with Crippen molar-refractivity contribution >= 4 is 21.7 Å². The molecule has 2 aromatic rings. The molecule has 0 spiro atoms. The minimum Gasteiger partial charge on any atom is -0.457 e. The zero-order valence-electron chi connectivity index (χ0n) is 11.7. The number of fused-ring (bicyclic) bond motifs is 1. The molecular weight excluding hydrogens is 306 g/mol. The Bertz CT molecular complexity index is 831. The molecule has 0 saturated heterocycles. The maximum Gasteiger partial charge on any atom is 0.339 e. The summed E-state index contributed by atoms with van der Waals surface area (Å²) in [5, 5.41) is 0. The number of esters is 1. The van der Waals surface area contributed by atoms with Crippen molar-refractivity contribution in [2.75, 3.05) is 11.0 Å². The third-order valence-corrected chi connectivity index (χ3v) is 3.64. The predicted octanol–water partition coefficient (Wildman–Crippen LogP) is 2.52. The molecule has 0 fully saturated rings. The number of hydrogen-bond acceptors (Lipinski definition) is 5. The number of carbonyl (C=O) groups excluding carboxylic acids is 1. The highest BCUT2D eigenvalue weighted by Crippen LogP contribution is 2.35. The zero-order valence-corrected chi connectivity index (χ0v) is 12.5. The highest BCUT2D eigenvalue weighted by atomic mass is 32.2. The Morgan fingerprint density at radius 2 is 1.91 bits per heavy atom. The van der Waals surface area contributed by atoms with Crippen molar-refractivity contribution in [1.82, 2.24) is 0 Å². The van der Waals surface area contributed by atoms with E-state index < -0.39 is 16.0 Å². The summed E-state index contributed by atoms with van der Waals surface area (Å²) in [6, 6.07) is 11.9. The molecule has 2 aromatic carbocycles. The van der Waals surface area contributed by atoms with Crippen LogP contribution in [0.25, 0.3) is 0 Å². The van der Waals surface area contributed by atoms with Crippen molar-refractivity contribution in [2.45, 2.75) is 6.61 Å². The highest BCUT2D eigenvalue weighted by Gasteiger charge is 2.25. The molecule has 114 valence electrons. The summed E-state index contributed by atoms with van der Waals surface area (Å²) in [6.45, 7) is 0.123. The van der Waals surface area contributed by atoms with Gasteiger partial charge in [0.1, 0.15) is 12.4 Å². The van der Waals surface area contributed by atoms with Gasteiger partial charge in [0, 0.05) is 5.56 Å². The average molecular weight is 319 g/mol. The van der Waals surface area contributed by atoms with Crippen LogP contribution in [0.5, 0.6) is 11.5 Å². The number of hydrogen-bond donors (Lipinski definition) is 1. The van der Waals surface area contributed by atoms with Gasteiger partial charge in [0.2, 0.25) is 10.0 Å². The van der Waals surface area contributed by atoms with Crippen molar-refractivity contribution in [3.63, 3.8) is 0 Å². The van der Waals surface area contributed by atoms with Gasteiger partial charge in [-0.1, -0.05) is 18.2 Å². The van der Waals surface area contributed by atoms with Crippen LogP contribution in [0.1, 0.15) is 15.9 Å². The summed E-state index contributed by atoms with van der Waals surface area (Å²) in [6.07, 6.45) is 1.05. The van der Waals surface area contributed by atoms with Crippen LogP contribution in [0.15, 0.2) is 42.5 Å². The van der Waals surface area contributed by atoms with E-state index in [0.29, 0.717) is 16.9 Å². The lowest BCUT2D eigenvalue weighted by molar-refractivity contribution is 0.0535. The van der Waals surface area contributed by atoms with E-state index in [1.54, 1.807) is 30.3 Å². The monoisotopic (exact) mass is 319 g/mol. The molecule has 0 aromatic heterocycles. The van der Waals surface area contributed by atoms with E-state index in [-0.39, 0.29) is 18.0 Å². The smallest absolute Gasteiger partial charge is 0.339 e. The van der Waals surface area contributed by atoms with Crippen LogP contribution in [0.4, 0.5) is 5.69 Å². The molecule has 1 aliphatic heterocycles. The average Bonchev–Trinajstić information content (AvgIpc) is 2.80. The molecule has 0 saturated carbocycles. The molecule has 0 amide bonds. The molecule has 1 aliphatic rings. The number of ether oxygens (including phenoxy) is 2. The number of para-hydroxylation sites is 1. The summed E-state index contributed by atoms with van der Waals surface area (Å²) >= 11 is 0. The maximum absolute atomic E-state index is 11.7. The molecule has 0 radical (unpaired) electrons. The normalized spacial score (nSPS) is 13.4. The minimum atomic E-state index is -3.48. The van der Waals surface area contributed by atoms with Crippen LogP contribution in [0.3, 0.4) is 0 Å². The summed E-state index contributed by atoms with van der Waals surface area (Å²) in [7, 11) is -3.48. The molecule has 3 rings (SSSR count). The number of nitrogens with one attached hydrogen (secondary N) is 1. The van der Waals surface area contributed by atoms with Gasteiger partial charge in [-0.2, -0.15) is 0 Å². The van der Waals surface area contributed by atoms with Crippen LogP contribution in [-0.2, 0) is 21.4 Å². The number of carbonyl (C=O) groups is 1. The number of cyclic esters (lactones) is 1. The third-order valence-electron chi connectivity index (χ3n) is 3.05. The lowest BCUT2D eigenvalue weighted by Crippen LogP contribution is -2.11. The lowest BCUT2D eigenvalue weighted by Gasteiger charge is -2.13. The highest BCUT2D eigenvalue weighted by molar-refractivity contribution is 7.92. The van der Waals surface area contributed by atoms with E-state index in [1.807, 2.05) is 6.07 Å². The van der Waals surface area contributed by atoms with Crippen molar-refractivity contribution in [3.8, 4) is 11.5 Å². The Labute approximate surface area is 127 Å². The summed E-state index contributed by atoms with van der Waals surface area (Å²) in [5.74, 6) is 0.332. The summed E-state index contributed by atoms with van der Waals surface area (Å²) in [4.78, 5) is 11.7. The Kier molecular flexibility index (Phi) is 3.50. The number of rotatable bonds is 4. The first-order valence-corrected chi connectivity index (χ1v) is 8.36. The first-order valence-electron chi connectivity index (χ1n) is 6.47. The standard InChI is InChI=1S/C15H13NO5S/c1-22(18,19)16-13-7-10-9-20-15(17)12(10)8-14(13)21-11-5-3-2-4-6-11/h2-8,16H,9H2,1H3. The van der Waals surface area contributed by atoms with Crippen molar-refractivity contribution in [1.29, 1.82) is 0 Å². The second kappa shape index (κ2) is 5.34. The van der Waals surface area contributed by atoms with E-state index in [9.17, 15) is 13.2 Å². The minimum absolute atomic E-state index is 0.123. The van der Waals surface area contributed by atoms with Gasteiger partial charge in [-0.05, 0) is 24.3 Å². The Morgan fingerprint density at radius 3 is 2.59 bits per heavy atom. The fraction of sp³-hybridized carbons (Fsp3) is 0.133. The summed E-state index contributed by atoms with van der Waals surface area (Å²) < 4.78 is 36.0. The van der Waals surface area contributed by atoms with Crippen LogP contribution in [-0.4, -0.2) is 20.6 Å². The number of anilines is 1. The van der Waals surface area contributed by atoms with Gasteiger partial charge in [0.25, 0.3) is 0 Å². The number of benzene rings is 2. The molecule has 0 aliphatic carbocycles. The van der Waals surface area contributed by atoms with E-state index in [1.165, 1.54) is 6.07 Å². The van der Waals surface area contributed by atoms with Gasteiger partial charge in [0.05, 0.1) is 17.5 Å². The second-order valence-corrected chi connectivity index (χ2v) is 6.62. The van der Waals surface area contributed by atoms with E-state index in [2.05, 4.69) is 4.72 Å². The van der Waals surface area contributed by atoms with E-state index in [0.717, 1.165) is 6.26 Å². The van der Waals surface area contributed by atoms with Crippen LogP contribution in [0, 0.1) is 0 Å². The molecule has 0 atom stereocenters. The Balaban J connectivity index is 2.05. The fourth-order valence-corrected chi connectivity index (χ4v) is 2.69. The SMILES string of the molecule is CS(=O)(=O)Nc1cc2c(cc1Oc1ccccc1)C(=O)OC2. The van der Waals surface area contributed by atoms with Gasteiger partial charge in [-0.25, -0.2) is 13.2 Å².